The highest BCUT2D eigenvalue weighted by molar-refractivity contribution is 5.79. The smallest absolute Gasteiger partial charge is 0.326 e. The second kappa shape index (κ2) is 6.65. The fourth-order valence-corrected chi connectivity index (χ4v) is 1.38. The van der Waals surface area contributed by atoms with Crippen molar-refractivity contribution in [2.24, 2.45) is 5.41 Å². The summed E-state index contributed by atoms with van der Waals surface area (Å²) in [5.74, 6) is 0.228. The molecule has 1 atom stereocenters. The summed E-state index contributed by atoms with van der Waals surface area (Å²) in [6.45, 7) is 3.86. The van der Waals surface area contributed by atoms with Crippen molar-refractivity contribution in [2.45, 2.75) is 20.3 Å². The van der Waals surface area contributed by atoms with Crippen LogP contribution in [-0.4, -0.2) is 19.2 Å². The molecular weight excluding hydrogens is 230 g/mol. The third-order valence-electron chi connectivity index (χ3n) is 2.59. The van der Waals surface area contributed by atoms with Crippen molar-refractivity contribution in [3.8, 4) is 11.8 Å². The average Bonchev–Trinajstić information content (AvgIpc) is 2.40. The lowest BCUT2D eigenvalue weighted by Gasteiger charge is -2.19. The molecular formula is C14H17NO3. The third kappa shape index (κ3) is 3.77. The van der Waals surface area contributed by atoms with Crippen molar-refractivity contribution >= 4 is 5.97 Å². The number of hydrogen-bond acceptors (Lipinski definition) is 4. The van der Waals surface area contributed by atoms with Crippen LogP contribution in [-0.2, 0) is 9.53 Å². The lowest BCUT2D eigenvalue weighted by Crippen LogP contribution is -2.30. The molecule has 0 saturated heterocycles. The molecule has 1 aromatic carbocycles. The number of nitriles is 1. The second-order valence-corrected chi connectivity index (χ2v) is 4.08. The van der Waals surface area contributed by atoms with Crippen molar-refractivity contribution in [1.29, 1.82) is 5.26 Å². The van der Waals surface area contributed by atoms with E-state index in [0.29, 0.717) is 13.0 Å². The van der Waals surface area contributed by atoms with Crippen molar-refractivity contribution in [3.05, 3.63) is 30.3 Å². The standard InChI is InChI=1S/C14H17NO3/c1-3-17-13(16)14(2,11-15)9-10-18-12-7-5-4-6-8-12/h4-8H,3,9-10H2,1-2H3. The molecule has 0 spiro atoms. The Morgan fingerprint density at radius 2 is 2.06 bits per heavy atom. The van der Waals surface area contributed by atoms with Gasteiger partial charge in [0.05, 0.1) is 19.3 Å². The minimum atomic E-state index is -1.15. The normalized spacial score (nSPS) is 13.2. The maximum atomic E-state index is 11.6. The number of rotatable bonds is 6. The quantitative estimate of drug-likeness (QED) is 0.725. The molecule has 0 N–H and O–H groups in total. The zero-order valence-corrected chi connectivity index (χ0v) is 10.7. The molecule has 0 heterocycles. The molecule has 0 radical (unpaired) electrons. The molecule has 96 valence electrons. The molecule has 0 saturated carbocycles. The van der Waals surface area contributed by atoms with Crippen molar-refractivity contribution in [3.63, 3.8) is 0 Å². The minimum Gasteiger partial charge on any atom is -0.494 e. The molecule has 4 nitrogen and oxygen atoms in total. The summed E-state index contributed by atoms with van der Waals surface area (Å²) < 4.78 is 10.4. The molecule has 18 heavy (non-hydrogen) atoms. The van der Waals surface area contributed by atoms with Crippen molar-refractivity contribution < 1.29 is 14.3 Å². The van der Waals surface area contributed by atoms with E-state index in [1.54, 1.807) is 13.8 Å². The number of ether oxygens (including phenoxy) is 2. The van der Waals surface area contributed by atoms with E-state index in [1.165, 1.54) is 0 Å². The largest absolute Gasteiger partial charge is 0.494 e. The van der Waals surface area contributed by atoms with Crippen LogP contribution in [0.25, 0.3) is 0 Å². The highest BCUT2D eigenvalue weighted by Crippen LogP contribution is 2.23. The summed E-state index contributed by atoms with van der Waals surface area (Å²) in [5.41, 5.74) is -1.15. The highest BCUT2D eigenvalue weighted by atomic mass is 16.5. The van der Waals surface area contributed by atoms with Crippen LogP contribution in [0.5, 0.6) is 5.75 Å². The summed E-state index contributed by atoms with van der Waals surface area (Å²) in [6.07, 6.45) is 0.303. The molecule has 4 heteroatoms. The maximum absolute atomic E-state index is 11.6. The monoisotopic (exact) mass is 247 g/mol. The SMILES string of the molecule is CCOC(=O)C(C)(C#N)CCOc1ccccc1. The van der Waals surface area contributed by atoms with Crippen LogP contribution in [0.4, 0.5) is 0 Å². The molecule has 0 aliphatic carbocycles. The molecule has 0 bridgehead atoms. The Balaban J connectivity index is 2.50. The van der Waals surface area contributed by atoms with E-state index >= 15 is 0 Å². The topological polar surface area (TPSA) is 59.3 Å². The van der Waals surface area contributed by atoms with E-state index in [2.05, 4.69) is 0 Å². The molecule has 0 fully saturated rings. The summed E-state index contributed by atoms with van der Waals surface area (Å²) in [4.78, 5) is 11.6. The Bertz CT molecular complexity index is 424. The molecule has 0 aliphatic rings. The maximum Gasteiger partial charge on any atom is 0.326 e. The number of para-hydroxylation sites is 1. The van der Waals surface area contributed by atoms with Gasteiger partial charge in [0.15, 0.2) is 5.41 Å². The summed E-state index contributed by atoms with van der Waals surface area (Å²) in [7, 11) is 0. The molecule has 1 rings (SSSR count). The van der Waals surface area contributed by atoms with E-state index in [1.807, 2.05) is 36.4 Å². The van der Waals surface area contributed by atoms with Crippen LogP contribution in [0.3, 0.4) is 0 Å². The van der Waals surface area contributed by atoms with Crippen LogP contribution in [0.1, 0.15) is 20.3 Å². The van der Waals surface area contributed by atoms with Gasteiger partial charge in [-0.15, -0.1) is 0 Å². The lowest BCUT2D eigenvalue weighted by molar-refractivity contribution is -0.151. The van der Waals surface area contributed by atoms with Crippen molar-refractivity contribution in [1.82, 2.24) is 0 Å². The van der Waals surface area contributed by atoms with Gasteiger partial charge >= 0.3 is 5.97 Å². The van der Waals surface area contributed by atoms with Crippen LogP contribution in [0.15, 0.2) is 30.3 Å². The van der Waals surface area contributed by atoms with Crippen molar-refractivity contribution in [2.75, 3.05) is 13.2 Å². The first-order valence-corrected chi connectivity index (χ1v) is 5.88. The van der Waals surface area contributed by atoms with Gasteiger partial charge in [-0.2, -0.15) is 5.26 Å². The predicted molar refractivity (Wildman–Crippen MR) is 66.9 cm³/mol. The predicted octanol–water partition coefficient (Wildman–Crippen LogP) is 2.55. The van der Waals surface area contributed by atoms with Crippen LogP contribution in [0.2, 0.25) is 0 Å². The zero-order valence-electron chi connectivity index (χ0n) is 10.7. The number of carbonyl (C=O) groups is 1. The Morgan fingerprint density at radius 3 is 2.61 bits per heavy atom. The highest BCUT2D eigenvalue weighted by Gasteiger charge is 2.34. The van der Waals surface area contributed by atoms with Gasteiger partial charge in [-0.25, -0.2) is 0 Å². The molecule has 0 aliphatic heterocycles. The van der Waals surface area contributed by atoms with Crippen LogP contribution >= 0.6 is 0 Å². The zero-order chi connectivity index (χ0) is 13.4. The van der Waals surface area contributed by atoms with Gasteiger partial charge in [-0.05, 0) is 26.0 Å². The second-order valence-electron chi connectivity index (χ2n) is 4.08. The molecule has 1 aromatic rings. The summed E-state index contributed by atoms with van der Waals surface area (Å²) in [6, 6.07) is 11.3. The van der Waals surface area contributed by atoms with Gasteiger partial charge in [0.1, 0.15) is 5.75 Å². The Labute approximate surface area is 107 Å². The number of nitrogens with zero attached hydrogens (tertiary/aromatic N) is 1. The Hall–Kier alpha value is -2.02. The molecule has 0 amide bonds. The molecule has 0 aromatic heterocycles. The molecule has 1 unspecified atom stereocenters. The van der Waals surface area contributed by atoms with Gasteiger partial charge in [-0.3, -0.25) is 4.79 Å². The first-order valence-electron chi connectivity index (χ1n) is 5.88. The number of esters is 1. The van der Waals surface area contributed by atoms with E-state index in [-0.39, 0.29) is 6.61 Å². The van der Waals surface area contributed by atoms with Gasteiger partial charge in [0.2, 0.25) is 0 Å². The minimum absolute atomic E-state index is 0.273. The van der Waals surface area contributed by atoms with Gasteiger partial charge in [0, 0.05) is 6.42 Å². The van der Waals surface area contributed by atoms with Crippen LogP contribution in [0, 0.1) is 16.7 Å². The number of hydrogen-bond donors (Lipinski definition) is 0. The Morgan fingerprint density at radius 1 is 1.39 bits per heavy atom. The first-order chi connectivity index (χ1) is 8.62. The van der Waals surface area contributed by atoms with Gasteiger partial charge in [0.25, 0.3) is 0 Å². The van der Waals surface area contributed by atoms with E-state index < -0.39 is 11.4 Å². The third-order valence-corrected chi connectivity index (χ3v) is 2.59. The van der Waals surface area contributed by atoms with E-state index in [0.717, 1.165) is 5.75 Å². The number of carbonyl (C=O) groups excluding carboxylic acids is 1. The van der Waals surface area contributed by atoms with Gasteiger partial charge < -0.3 is 9.47 Å². The summed E-state index contributed by atoms with van der Waals surface area (Å²) >= 11 is 0. The van der Waals surface area contributed by atoms with Gasteiger partial charge in [-0.1, -0.05) is 18.2 Å². The summed E-state index contributed by atoms with van der Waals surface area (Å²) in [5, 5.41) is 9.07. The Kier molecular flexibility index (Phi) is 5.19. The number of benzene rings is 1. The van der Waals surface area contributed by atoms with E-state index in [4.69, 9.17) is 14.7 Å². The average molecular weight is 247 g/mol. The van der Waals surface area contributed by atoms with E-state index in [9.17, 15) is 4.79 Å². The first kappa shape index (κ1) is 14.0. The lowest BCUT2D eigenvalue weighted by atomic mass is 9.89. The fourth-order valence-electron chi connectivity index (χ4n) is 1.38. The van der Waals surface area contributed by atoms with Crippen LogP contribution < -0.4 is 4.74 Å². The fraction of sp³-hybridized carbons (Fsp3) is 0.429.